The lowest BCUT2D eigenvalue weighted by atomic mass is 9.91. The summed E-state index contributed by atoms with van der Waals surface area (Å²) < 4.78 is 38.5. The fraction of sp³-hybridized carbons (Fsp3) is 0.571. The van der Waals surface area contributed by atoms with Gasteiger partial charge in [-0.3, -0.25) is 0 Å². The fourth-order valence-corrected chi connectivity index (χ4v) is 2.25. The highest BCUT2D eigenvalue weighted by Gasteiger charge is 2.34. The number of benzene rings is 1. The average molecular weight is 259 g/mol. The standard InChI is InChI=1S/C14H20F3N/c1-3-6-10(2)9-13(18)11-7-4-5-8-12(11)14(15,16)17/h4-5,7-8,10,13H,3,6,9,18H2,1-2H3. The summed E-state index contributed by atoms with van der Waals surface area (Å²) in [6.45, 7) is 4.09. The predicted molar refractivity (Wildman–Crippen MR) is 67.1 cm³/mol. The molecule has 102 valence electrons. The van der Waals surface area contributed by atoms with Crippen LogP contribution >= 0.6 is 0 Å². The number of alkyl halides is 3. The van der Waals surface area contributed by atoms with Crippen molar-refractivity contribution in [3.05, 3.63) is 35.4 Å². The normalized spacial score (nSPS) is 15.4. The monoisotopic (exact) mass is 259 g/mol. The molecule has 2 N–H and O–H groups in total. The maximum absolute atomic E-state index is 12.8. The van der Waals surface area contributed by atoms with E-state index in [-0.39, 0.29) is 5.56 Å². The molecule has 0 saturated heterocycles. The molecule has 2 unspecified atom stereocenters. The third-order valence-corrected chi connectivity index (χ3v) is 3.10. The first-order valence-electron chi connectivity index (χ1n) is 6.28. The summed E-state index contributed by atoms with van der Waals surface area (Å²) >= 11 is 0. The van der Waals surface area contributed by atoms with Crippen LogP contribution in [0.4, 0.5) is 13.2 Å². The summed E-state index contributed by atoms with van der Waals surface area (Å²) in [6.07, 6.45) is -1.74. The first-order chi connectivity index (χ1) is 8.36. The molecular formula is C14H20F3N. The average Bonchev–Trinajstić information content (AvgIpc) is 2.28. The second-order valence-corrected chi connectivity index (χ2v) is 4.82. The van der Waals surface area contributed by atoms with Gasteiger partial charge in [0.05, 0.1) is 5.56 Å². The molecule has 0 aliphatic rings. The molecule has 0 spiro atoms. The molecule has 1 aromatic carbocycles. The minimum atomic E-state index is -4.33. The van der Waals surface area contributed by atoms with Crippen LogP contribution in [0.1, 0.15) is 50.3 Å². The van der Waals surface area contributed by atoms with Gasteiger partial charge in [0.2, 0.25) is 0 Å². The van der Waals surface area contributed by atoms with Crippen LogP contribution in [0.15, 0.2) is 24.3 Å². The molecule has 1 rings (SSSR count). The third-order valence-electron chi connectivity index (χ3n) is 3.10. The zero-order chi connectivity index (χ0) is 13.8. The maximum Gasteiger partial charge on any atom is 0.416 e. The molecule has 0 bridgehead atoms. The smallest absolute Gasteiger partial charge is 0.324 e. The highest BCUT2D eigenvalue weighted by Crippen LogP contribution is 2.35. The van der Waals surface area contributed by atoms with Crippen LogP contribution in [0.25, 0.3) is 0 Å². The van der Waals surface area contributed by atoms with Crippen molar-refractivity contribution in [3.8, 4) is 0 Å². The number of rotatable bonds is 5. The largest absolute Gasteiger partial charge is 0.416 e. The van der Waals surface area contributed by atoms with Crippen LogP contribution in [0.5, 0.6) is 0 Å². The van der Waals surface area contributed by atoms with Gasteiger partial charge in [0.25, 0.3) is 0 Å². The van der Waals surface area contributed by atoms with Gasteiger partial charge in [-0.25, -0.2) is 0 Å². The van der Waals surface area contributed by atoms with Gasteiger partial charge >= 0.3 is 6.18 Å². The predicted octanol–water partition coefficient (Wildman–Crippen LogP) is 4.53. The van der Waals surface area contributed by atoms with Crippen molar-refractivity contribution in [2.45, 2.75) is 45.3 Å². The summed E-state index contributed by atoms with van der Waals surface area (Å²) in [5.74, 6) is 0.339. The molecule has 0 aliphatic carbocycles. The Labute approximate surface area is 106 Å². The summed E-state index contributed by atoms with van der Waals surface area (Å²) in [7, 11) is 0. The lowest BCUT2D eigenvalue weighted by molar-refractivity contribution is -0.138. The van der Waals surface area contributed by atoms with Crippen LogP contribution in [0.3, 0.4) is 0 Å². The SMILES string of the molecule is CCCC(C)CC(N)c1ccccc1C(F)(F)F. The first-order valence-corrected chi connectivity index (χ1v) is 6.28. The van der Waals surface area contributed by atoms with Crippen molar-refractivity contribution in [2.75, 3.05) is 0 Å². The molecule has 0 amide bonds. The number of nitrogens with two attached hydrogens (primary N) is 1. The van der Waals surface area contributed by atoms with Gasteiger partial charge in [0.1, 0.15) is 0 Å². The van der Waals surface area contributed by atoms with Crippen LogP contribution in [-0.2, 0) is 6.18 Å². The Balaban J connectivity index is 2.89. The number of hydrogen-bond donors (Lipinski definition) is 1. The van der Waals surface area contributed by atoms with Gasteiger partial charge in [0.15, 0.2) is 0 Å². The van der Waals surface area contributed by atoms with Gasteiger partial charge in [-0.1, -0.05) is 44.9 Å². The fourth-order valence-electron chi connectivity index (χ4n) is 2.25. The van der Waals surface area contributed by atoms with Crippen LogP contribution in [-0.4, -0.2) is 0 Å². The van der Waals surface area contributed by atoms with E-state index in [1.165, 1.54) is 12.1 Å². The van der Waals surface area contributed by atoms with E-state index < -0.39 is 17.8 Å². The van der Waals surface area contributed by atoms with Crippen molar-refractivity contribution in [1.29, 1.82) is 0 Å². The van der Waals surface area contributed by atoms with Crippen molar-refractivity contribution in [3.63, 3.8) is 0 Å². The van der Waals surface area contributed by atoms with E-state index in [1.54, 1.807) is 6.07 Å². The van der Waals surface area contributed by atoms with E-state index >= 15 is 0 Å². The second kappa shape index (κ2) is 6.23. The molecule has 18 heavy (non-hydrogen) atoms. The van der Waals surface area contributed by atoms with Crippen molar-refractivity contribution in [2.24, 2.45) is 11.7 Å². The molecule has 0 saturated carbocycles. The molecular weight excluding hydrogens is 239 g/mol. The Morgan fingerprint density at radius 3 is 2.39 bits per heavy atom. The molecule has 2 atom stereocenters. The molecule has 0 aliphatic heterocycles. The third kappa shape index (κ3) is 4.02. The number of halogens is 3. The molecule has 0 heterocycles. The number of hydrogen-bond acceptors (Lipinski definition) is 1. The van der Waals surface area contributed by atoms with Crippen molar-refractivity contribution in [1.82, 2.24) is 0 Å². The molecule has 1 aromatic rings. The maximum atomic E-state index is 12.8. The quantitative estimate of drug-likeness (QED) is 0.826. The van der Waals surface area contributed by atoms with Crippen molar-refractivity contribution < 1.29 is 13.2 Å². The lowest BCUT2D eigenvalue weighted by Gasteiger charge is -2.21. The van der Waals surface area contributed by atoms with Gasteiger partial charge in [-0.2, -0.15) is 13.2 Å². The summed E-state index contributed by atoms with van der Waals surface area (Å²) in [4.78, 5) is 0. The summed E-state index contributed by atoms with van der Waals surface area (Å²) in [6, 6.07) is 5.03. The molecule has 1 nitrogen and oxygen atoms in total. The highest BCUT2D eigenvalue weighted by molar-refractivity contribution is 5.32. The topological polar surface area (TPSA) is 26.0 Å². The zero-order valence-corrected chi connectivity index (χ0v) is 10.8. The van der Waals surface area contributed by atoms with E-state index in [1.807, 2.05) is 6.92 Å². The minimum Gasteiger partial charge on any atom is -0.324 e. The van der Waals surface area contributed by atoms with E-state index in [0.717, 1.165) is 18.9 Å². The Morgan fingerprint density at radius 2 is 1.83 bits per heavy atom. The van der Waals surface area contributed by atoms with Gasteiger partial charge in [-0.05, 0) is 24.0 Å². The van der Waals surface area contributed by atoms with Gasteiger partial charge in [-0.15, -0.1) is 0 Å². The van der Waals surface area contributed by atoms with Crippen LogP contribution in [0, 0.1) is 5.92 Å². The van der Waals surface area contributed by atoms with E-state index in [9.17, 15) is 13.2 Å². The molecule has 0 radical (unpaired) electrons. The second-order valence-electron chi connectivity index (χ2n) is 4.82. The molecule has 4 heteroatoms. The van der Waals surface area contributed by atoms with E-state index in [0.29, 0.717) is 12.3 Å². The molecule has 0 fully saturated rings. The Bertz CT molecular complexity index is 374. The summed E-state index contributed by atoms with van der Waals surface area (Å²) in [5, 5.41) is 0. The Kier molecular flexibility index (Phi) is 5.20. The first kappa shape index (κ1) is 15.0. The Morgan fingerprint density at radius 1 is 1.22 bits per heavy atom. The van der Waals surface area contributed by atoms with Crippen LogP contribution in [0.2, 0.25) is 0 Å². The lowest BCUT2D eigenvalue weighted by Crippen LogP contribution is -2.19. The zero-order valence-electron chi connectivity index (χ0n) is 10.8. The van der Waals surface area contributed by atoms with Crippen molar-refractivity contribution >= 4 is 0 Å². The Hall–Kier alpha value is -1.03. The van der Waals surface area contributed by atoms with Gasteiger partial charge < -0.3 is 5.73 Å². The van der Waals surface area contributed by atoms with Gasteiger partial charge in [0, 0.05) is 6.04 Å². The summed E-state index contributed by atoms with van der Waals surface area (Å²) in [5.41, 5.74) is 5.52. The van der Waals surface area contributed by atoms with E-state index in [2.05, 4.69) is 6.92 Å². The molecule has 0 aromatic heterocycles. The van der Waals surface area contributed by atoms with Crippen LogP contribution < -0.4 is 5.73 Å². The minimum absolute atomic E-state index is 0.202. The highest BCUT2D eigenvalue weighted by atomic mass is 19.4. The van der Waals surface area contributed by atoms with E-state index in [4.69, 9.17) is 5.73 Å².